The standard InChI is InChI=1S/C19H22O3/c1-4-14(2)13-21-17-11-7-16(8-12-17)19(20)22-18-9-5-15(3)6-10-18/h5-12,14H,4,13H2,1-3H3. The second kappa shape index (κ2) is 7.64. The largest absolute Gasteiger partial charge is 0.493 e. The fourth-order valence-corrected chi connectivity index (χ4v) is 1.82. The van der Waals surface area contributed by atoms with E-state index in [1.165, 1.54) is 0 Å². The highest BCUT2D eigenvalue weighted by Gasteiger charge is 2.09. The highest BCUT2D eigenvalue weighted by Crippen LogP contribution is 2.17. The van der Waals surface area contributed by atoms with Gasteiger partial charge in [0.15, 0.2) is 0 Å². The Bertz CT molecular complexity index is 600. The third-order valence-corrected chi connectivity index (χ3v) is 3.55. The lowest BCUT2D eigenvalue weighted by atomic mass is 10.1. The van der Waals surface area contributed by atoms with Crippen LogP contribution in [0.1, 0.15) is 36.2 Å². The van der Waals surface area contributed by atoms with Crippen LogP contribution in [-0.4, -0.2) is 12.6 Å². The first-order valence-corrected chi connectivity index (χ1v) is 7.60. The summed E-state index contributed by atoms with van der Waals surface area (Å²) in [4.78, 5) is 12.1. The zero-order chi connectivity index (χ0) is 15.9. The fourth-order valence-electron chi connectivity index (χ4n) is 1.82. The number of carbonyl (C=O) groups is 1. The molecule has 0 N–H and O–H groups in total. The van der Waals surface area contributed by atoms with Crippen LogP contribution < -0.4 is 9.47 Å². The van der Waals surface area contributed by atoms with E-state index in [4.69, 9.17) is 9.47 Å². The molecule has 0 aliphatic carbocycles. The van der Waals surface area contributed by atoms with Crippen molar-refractivity contribution >= 4 is 5.97 Å². The monoisotopic (exact) mass is 298 g/mol. The van der Waals surface area contributed by atoms with Crippen molar-refractivity contribution in [2.24, 2.45) is 5.92 Å². The number of hydrogen-bond donors (Lipinski definition) is 0. The molecule has 22 heavy (non-hydrogen) atoms. The molecule has 2 rings (SSSR count). The number of esters is 1. The summed E-state index contributed by atoms with van der Waals surface area (Å²) in [5, 5.41) is 0. The van der Waals surface area contributed by atoms with Crippen LogP contribution in [0.3, 0.4) is 0 Å². The van der Waals surface area contributed by atoms with Crippen molar-refractivity contribution in [3.63, 3.8) is 0 Å². The first kappa shape index (κ1) is 16.1. The van der Waals surface area contributed by atoms with Gasteiger partial charge in [0.2, 0.25) is 0 Å². The minimum atomic E-state index is -0.364. The van der Waals surface area contributed by atoms with Crippen LogP contribution in [0.5, 0.6) is 11.5 Å². The van der Waals surface area contributed by atoms with Crippen molar-refractivity contribution in [3.05, 3.63) is 59.7 Å². The maximum absolute atomic E-state index is 12.1. The molecule has 2 aromatic rings. The Morgan fingerprint density at radius 2 is 1.59 bits per heavy atom. The minimum Gasteiger partial charge on any atom is -0.493 e. The summed E-state index contributed by atoms with van der Waals surface area (Å²) < 4.78 is 11.0. The molecule has 3 heteroatoms. The van der Waals surface area contributed by atoms with Crippen molar-refractivity contribution in [2.75, 3.05) is 6.61 Å². The van der Waals surface area contributed by atoms with Gasteiger partial charge in [-0.3, -0.25) is 0 Å². The molecule has 2 aromatic carbocycles. The fraction of sp³-hybridized carbons (Fsp3) is 0.316. The molecule has 0 aromatic heterocycles. The van der Waals surface area contributed by atoms with Crippen LogP contribution in [0.2, 0.25) is 0 Å². The molecule has 0 bridgehead atoms. The Hall–Kier alpha value is -2.29. The van der Waals surface area contributed by atoms with E-state index in [9.17, 15) is 4.79 Å². The zero-order valence-corrected chi connectivity index (χ0v) is 13.3. The molecule has 0 amide bonds. The highest BCUT2D eigenvalue weighted by molar-refractivity contribution is 5.91. The molecule has 0 saturated carbocycles. The summed E-state index contributed by atoms with van der Waals surface area (Å²) in [6.07, 6.45) is 1.08. The molecule has 1 unspecified atom stereocenters. The van der Waals surface area contributed by atoms with Gasteiger partial charge >= 0.3 is 5.97 Å². The lowest BCUT2D eigenvalue weighted by molar-refractivity contribution is 0.0734. The van der Waals surface area contributed by atoms with E-state index in [-0.39, 0.29) is 5.97 Å². The Labute approximate surface area is 131 Å². The van der Waals surface area contributed by atoms with E-state index in [2.05, 4.69) is 13.8 Å². The van der Waals surface area contributed by atoms with E-state index in [0.29, 0.717) is 23.8 Å². The summed E-state index contributed by atoms with van der Waals surface area (Å²) in [5.74, 6) is 1.48. The van der Waals surface area contributed by atoms with Gasteiger partial charge in [-0.2, -0.15) is 0 Å². The number of rotatable bonds is 6. The van der Waals surface area contributed by atoms with Gasteiger partial charge in [0.05, 0.1) is 12.2 Å². The van der Waals surface area contributed by atoms with Gasteiger partial charge in [-0.15, -0.1) is 0 Å². The zero-order valence-electron chi connectivity index (χ0n) is 13.3. The molecule has 0 spiro atoms. The third-order valence-electron chi connectivity index (χ3n) is 3.55. The van der Waals surface area contributed by atoms with Crippen molar-refractivity contribution in [3.8, 4) is 11.5 Å². The number of benzene rings is 2. The highest BCUT2D eigenvalue weighted by atomic mass is 16.5. The molecule has 0 saturated heterocycles. The van der Waals surface area contributed by atoms with E-state index in [1.54, 1.807) is 36.4 Å². The van der Waals surface area contributed by atoms with Crippen molar-refractivity contribution < 1.29 is 14.3 Å². The van der Waals surface area contributed by atoms with Crippen LogP contribution in [0.15, 0.2) is 48.5 Å². The maximum Gasteiger partial charge on any atom is 0.343 e. The van der Waals surface area contributed by atoms with Gasteiger partial charge in [-0.25, -0.2) is 4.79 Å². The molecule has 0 heterocycles. The first-order chi connectivity index (χ1) is 10.6. The molecule has 3 nitrogen and oxygen atoms in total. The lowest BCUT2D eigenvalue weighted by Gasteiger charge is -2.11. The van der Waals surface area contributed by atoms with Gasteiger partial charge < -0.3 is 9.47 Å². The lowest BCUT2D eigenvalue weighted by Crippen LogP contribution is -2.09. The summed E-state index contributed by atoms with van der Waals surface area (Å²) in [6, 6.07) is 14.4. The SMILES string of the molecule is CCC(C)COc1ccc(C(=O)Oc2ccc(C)cc2)cc1. The number of ether oxygens (including phenoxy) is 2. The van der Waals surface area contributed by atoms with Crippen molar-refractivity contribution in [2.45, 2.75) is 27.2 Å². The number of aryl methyl sites for hydroxylation is 1. The average molecular weight is 298 g/mol. The third kappa shape index (κ3) is 4.62. The van der Waals surface area contributed by atoms with Gasteiger partial charge in [-0.05, 0) is 49.2 Å². The first-order valence-electron chi connectivity index (χ1n) is 7.60. The number of hydrogen-bond acceptors (Lipinski definition) is 3. The van der Waals surface area contributed by atoms with Gasteiger partial charge in [0.1, 0.15) is 11.5 Å². The quantitative estimate of drug-likeness (QED) is 0.575. The van der Waals surface area contributed by atoms with Gasteiger partial charge in [0, 0.05) is 0 Å². The molecule has 0 aliphatic heterocycles. The van der Waals surface area contributed by atoms with Crippen molar-refractivity contribution in [1.29, 1.82) is 0 Å². The molecular weight excluding hydrogens is 276 g/mol. The normalized spacial score (nSPS) is 11.8. The molecule has 0 fully saturated rings. The maximum atomic E-state index is 12.1. The van der Waals surface area contributed by atoms with Gasteiger partial charge in [0.25, 0.3) is 0 Å². The predicted octanol–water partition coefficient (Wildman–Crippen LogP) is 4.64. The van der Waals surface area contributed by atoms with Crippen LogP contribution in [-0.2, 0) is 0 Å². The Morgan fingerprint density at radius 3 is 2.18 bits per heavy atom. The topological polar surface area (TPSA) is 35.5 Å². The molecule has 0 radical (unpaired) electrons. The molecular formula is C19H22O3. The molecule has 116 valence electrons. The Kier molecular flexibility index (Phi) is 5.59. The van der Waals surface area contributed by atoms with E-state index in [0.717, 1.165) is 17.7 Å². The van der Waals surface area contributed by atoms with E-state index >= 15 is 0 Å². The van der Waals surface area contributed by atoms with Crippen LogP contribution in [0, 0.1) is 12.8 Å². The predicted molar refractivity (Wildman–Crippen MR) is 87.5 cm³/mol. The average Bonchev–Trinajstić information content (AvgIpc) is 2.55. The minimum absolute atomic E-state index is 0.364. The van der Waals surface area contributed by atoms with Gasteiger partial charge in [-0.1, -0.05) is 38.0 Å². The smallest absolute Gasteiger partial charge is 0.343 e. The van der Waals surface area contributed by atoms with Crippen molar-refractivity contribution in [1.82, 2.24) is 0 Å². The van der Waals surface area contributed by atoms with E-state index < -0.39 is 0 Å². The Morgan fingerprint density at radius 1 is 1.00 bits per heavy atom. The summed E-state index contributed by atoms with van der Waals surface area (Å²) in [6.45, 7) is 6.96. The molecule has 1 atom stereocenters. The van der Waals surface area contributed by atoms with Crippen LogP contribution >= 0.6 is 0 Å². The van der Waals surface area contributed by atoms with Crippen LogP contribution in [0.25, 0.3) is 0 Å². The Balaban J connectivity index is 1.94. The summed E-state index contributed by atoms with van der Waals surface area (Å²) in [5.41, 5.74) is 1.64. The number of carbonyl (C=O) groups excluding carboxylic acids is 1. The summed E-state index contributed by atoms with van der Waals surface area (Å²) >= 11 is 0. The molecule has 0 aliphatic rings. The second-order valence-electron chi connectivity index (χ2n) is 5.55. The van der Waals surface area contributed by atoms with Crippen LogP contribution in [0.4, 0.5) is 0 Å². The summed E-state index contributed by atoms with van der Waals surface area (Å²) in [7, 11) is 0. The second-order valence-corrected chi connectivity index (χ2v) is 5.55. The van der Waals surface area contributed by atoms with E-state index in [1.807, 2.05) is 19.1 Å².